The van der Waals surface area contributed by atoms with Crippen LogP contribution in [0.3, 0.4) is 0 Å². The summed E-state index contributed by atoms with van der Waals surface area (Å²) in [5.74, 6) is 0.717. The minimum Gasteiger partial charge on any atom is -0.444 e. The Kier molecular flexibility index (Phi) is 12.2. The van der Waals surface area contributed by atoms with Gasteiger partial charge in [-0.25, -0.2) is 9.79 Å². The SMILES string of the molecule is CCNC(=NCc1ccc(CN(C)C(=O)OC(C)(C)C)cc1)NCc1ccccc1CO.I. The topological polar surface area (TPSA) is 86.2 Å². The van der Waals surface area contributed by atoms with Crippen LogP contribution < -0.4 is 10.6 Å². The summed E-state index contributed by atoms with van der Waals surface area (Å²) >= 11 is 0. The molecule has 0 saturated carbocycles. The second-order valence-electron chi connectivity index (χ2n) is 8.63. The average Bonchev–Trinajstić information content (AvgIpc) is 2.75. The molecule has 0 aliphatic heterocycles. The summed E-state index contributed by atoms with van der Waals surface area (Å²) in [6.07, 6.45) is -0.338. The summed E-state index contributed by atoms with van der Waals surface area (Å²) in [5, 5.41) is 16.1. The zero-order valence-electron chi connectivity index (χ0n) is 20.2. The van der Waals surface area contributed by atoms with Crippen molar-refractivity contribution in [3.8, 4) is 0 Å². The molecule has 8 heteroatoms. The standard InChI is InChI=1S/C25H36N4O3.HI/c1-6-26-23(28-16-21-9-7-8-10-22(21)18-30)27-15-19-11-13-20(14-12-19)17-29(5)24(31)32-25(2,3)4;/h7-14,30H,6,15-18H2,1-5H3,(H2,26,27,28);1H. The van der Waals surface area contributed by atoms with Crippen LogP contribution in [0.1, 0.15) is 49.9 Å². The molecule has 0 aliphatic rings. The number of aliphatic hydroxyl groups is 1. The highest BCUT2D eigenvalue weighted by Crippen LogP contribution is 2.13. The van der Waals surface area contributed by atoms with Crippen molar-refractivity contribution in [3.05, 3.63) is 70.8 Å². The van der Waals surface area contributed by atoms with Gasteiger partial charge in [0, 0.05) is 26.7 Å². The number of carbonyl (C=O) groups excluding carboxylic acids is 1. The Labute approximate surface area is 214 Å². The first-order chi connectivity index (χ1) is 15.2. The maximum Gasteiger partial charge on any atom is 0.410 e. The largest absolute Gasteiger partial charge is 0.444 e. The van der Waals surface area contributed by atoms with Gasteiger partial charge in [0.25, 0.3) is 0 Å². The highest BCUT2D eigenvalue weighted by molar-refractivity contribution is 14.0. The number of rotatable bonds is 8. The van der Waals surface area contributed by atoms with Gasteiger partial charge in [-0.15, -0.1) is 24.0 Å². The highest BCUT2D eigenvalue weighted by Gasteiger charge is 2.19. The fourth-order valence-corrected chi connectivity index (χ4v) is 3.00. The minimum atomic E-state index is -0.508. The summed E-state index contributed by atoms with van der Waals surface area (Å²) in [4.78, 5) is 18.4. The van der Waals surface area contributed by atoms with E-state index in [1.165, 1.54) is 0 Å². The maximum atomic E-state index is 12.1. The Balaban J connectivity index is 0.00000544. The average molecular weight is 569 g/mol. The fraction of sp³-hybridized carbons (Fsp3) is 0.440. The number of guanidine groups is 1. The van der Waals surface area contributed by atoms with E-state index >= 15 is 0 Å². The Morgan fingerprint density at radius 1 is 1.03 bits per heavy atom. The molecular formula is C25H37IN4O3. The molecule has 0 fully saturated rings. The molecule has 0 spiro atoms. The van der Waals surface area contributed by atoms with Gasteiger partial charge in [0.1, 0.15) is 5.60 Å². The lowest BCUT2D eigenvalue weighted by Crippen LogP contribution is -2.37. The minimum absolute atomic E-state index is 0. The monoisotopic (exact) mass is 568 g/mol. The van der Waals surface area contributed by atoms with Crippen molar-refractivity contribution in [2.45, 2.75) is 59.5 Å². The van der Waals surface area contributed by atoms with Crippen molar-refractivity contribution < 1.29 is 14.6 Å². The maximum absolute atomic E-state index is 12.1. The summed E-state index contributed by atoms with van der Waals surface area (Å²) in [5.41, 5.74) is 3.53. The quantitative estimate of drug-likeness (QED) is 0.250. The van der Waals surface area contributed by atoms with Crippen LogP contribution >= 0.6 is 24.0 Å². The third kappa shape index (κ3) is 10.4. The van der Waals surface area contributed by atoms with E-state index in [0.717, 1.165) is 28.8 Å². The fourth-order valence-electron chi connectivity index (χ4n) is 3.00. The summed E-state index contributed by atoms with van der Waals surface area (Å²) in [7, 11) is 1.73. The van der Waals surface area contributed by atoms with Gasteiger partial charge in [-0.1, -0.05) is 48.5 Å². The van der Waals surface area contributed by atoms with Crippen molar-refractivity contribution in [1.29, 1.82) is 0 Å². The van der Waals surface area contributed by atoms with Crippen molar-refractivity contribution in [3.63, 3.8) is 0 Å². The van der Waals surface area contributed by atoms with Gasteiger partial charge in [-0.2, -0.15) is 0 Å². The Morgan fingerprint density at radius 2 is 1.64 bits per heavy atom. The van der Waals surface area contributed by atoms with E-state index in [2.05, 4.69) is 15.6 Å². The van der Waals surface area contributed by atoms with Crippen LogP contribution in [0, 0.1) is 0 Å². The number of ether oxygens (including phenoxy) is 1. The molecule has 0 aromatic heterocycles. The molecule has 182 valence electrons. The number of halogens is 1. The van der Waals surface area contributed by atoms with Crippen LogP contribution in [0.4, 0.5) is 4.79 Å². The van der Waals surface area contributed by atoms with Crippen LogP contribution in [-0.4, -0.2) is 41.3 Å². The molecule has 0 heterocycles. The summed E-state index contributed by atoms with van der Waals surface area (Å²) < 4.78 is 5.39. The Morgan fingerprint density at radius 3 is 2.21 bits per heavy atom. The Bertz CT molecular complexity index is 895. The van der Waals surface area contributed by atoms with Gasteiger partial charge >= 0.3 is 6.09 Å². The van der Waals surface area contributed by atoms with Crippen LogP contribution in [0.25, 0.3) is 0 Å². The number of hydrogen-bond acceptors (Lipinski definition) is 4. The van der Waals surface area contributed by atoms with E-state index in [1.807, 2.05) is 76.2 Å². The van der Waals surface area contributed by atoms with Crippen molar-refractivity contribution >= 4 is 36.0 Å². The van der Waals surface area contributed by atoms with E-state index in [0.29, 0.717) is 25.6 Å². The zero-order valence-corrected chi connectivity index (χ0v) is 22.6. The van der Waals surface area contributed by atoms with E-state index in [9.17, 15) is 9.90 Å². The van der Waals surface area contributed by atoms with Crippen LogP contribution in [0.5, 0.6) is 0 Å². The molecule has 0 radical (unpaired) electrons. The highest BCUT2D eigenvalue weighted by atomic mass is 127. The van der Waals surface area contributed by atoms with Gasteiger partial charge in [-0.05, 0) is 49.9 Å². The summed E-state index contributed by atoms with van der Waals surface area (Å²) in [6, 6.07) is 15.8. The summed E-state index contributed by atoms with van der Waals surface area (Å²) in [6.45, 7) is 9.95. The smallest absolute Gasteiger partial charge is 0.410 e. The van der Waals surface area contributed by atoms with Crippen molar-refractivity contribution in [2.75, 3.05) is 13.6 Å². The first kappa shape index (κ1) is 28.7. The predicted octanol–water partition coefficient (Wildman–Crippen LogP) is 4.42. The second-order valence-corrected chi connectivity index (χ2v) is 8.63. The number of aliphatic hydroxyl groups excluding tert-OH is 1. The molecule has 2 rings (SSSR count). The van der Waals surface area contributed by atoms with E-state index in [1.54, 1.807) is 11.9 Å². The lowest BCUT2D eigenvalue weighted by molar-refractivity contribution is 0.0285. The van der Waals surface area contributed by atoms with E-state index in [4.69, 9.17) is 4.74 Å². The zero-order chi connectivity index (χ0) is 23.6. The molecule has 3 N–H and O–H groups in total. The second kappa shape index (κ2) is 14.0. The van der Waals surface area contributed by atoms with Gasteiger partial charge in [-0.3, -0.25) is 0 Å². The molecule has 0 atom stereocenters. The molecule has 7 nitrogen and oxygen atoms in total. The third-order valence-electron chi connectivity index (χ3n) is 4.65. The molecule has 2 aromatic rings. The molecule has 0 aliphatic carbocycles. The first-order valence-corrected chi connectivity index (χ1v) is 10.9. The molecular weight excluding hydrogens is 531 g/mol. The predicted molar refractivity (Wildman–Crippen MR) is 144 cm³/mol. The van der Waals surface area contributed by atoms with E-state index < -0.39 is 5.60 Å². The van der Waals surface area contributed by atoms with Crippen LogP contribution in [-0.2, 0) is 31.0 Å². The molecule has 0 bridgehead atoms. The first-order valence-electron chi connectivity index (χ1n) is 10.9. The molecule has 0 unspecified atom stereocenters. The van der Waals surface area contributed by atoms with Gasteiger partial charge in [0.05, 0.1) is 13.2 Å². The van der Waals surface area contributed by atoms with Crippen molar-refractivity contribution in [1.82, 2.24) is 15.5 Å². The van der Waals surface area contributed by atoms with Crippen LogP contribution in [0.15, 0.2) is 53.5 Å². The lowest BCUT2D eigenvalue weighted by atomic mass is 10.1. The number of aliphatic imine (C=N–C) groups is 1. The third-order valence-corrected chi connectivity index (χ3v) is 4.65. The lowest BCUT2D eigenvalue weighted by Gasteiger charge is -2.24. The number of amides is 1. The Hall–Kier alpha value is -2.33. The number of carbonyl (C=O) groups is 1. The number of nitrogens with zero attached hydrogens (tertiary/aromatic N) is 2. The molecule has 33 heavy (non-hydrogen) atoms. The molecule has 0 saturated heterocycles. The number of hydrogen-bond donors (Lipinski definition) is 3. The van der Waals surface area contributed by atoms with Gasteiger partial charge in [0.2, 0.25) is 0 Å². The van der Waals surface area contributed by atoms with E-state index in [-0.39, 0.29) is 36.7 Å². The van der Waals surface area contributed by atoms with Crippen LogP contribution in [0.2, 0.25) is 0 Å². The van der Waals surface area contributed by atoms with Crippen molar-refractivity contribution in [2.24, 2.45) is 4.99 Å². The van der Waals surface area contributed by atoms with Gasteiger partial charge < -0.3 is 25.4 Å². The molecule has 1 amide bonds. The van der Waals surface area contributed by atoms with Gasteiger partial charge in [0.15, 0.2) is 5.96 Å². The number of benzene rings is 2. The number of nitrogens with one attached hydrogen (secondary N) is 2. The molecule has 2 aromatic carbocycles. The normalized spacial score (nSPS) is 11.4.